The average Bonchev–Trinajstić information content (AvgIpc) is 1.37. The first-order valence-corrected chi connectivity index (χ1v) is 1.04. The number of oxime groups is 1. The zero-order chi connectivity index (χ0) is 3.41. The third-order valence-corrected chi connectivity index (χ3v) is 0.115. The van der Waals surface area contributed by atoms with Gasteiger partial charge in [0.05, 0.1) is 0 Å². The fourth-order valence-corrected chi connectivity index (χ4v) is 0. The number of hydrogen-bond donors (Lipinski definition) is 1. The Hall–Kier alpha value is -0.0105. The summed E-state index contributed by atoms with van der Waals surface area (Å²) in [7, 11) is 0. The standard InChI is InChI=1S/C2H5NO.Cu/c1-2-3-4;/h2,4H,1H3;/b3-2+;. The number of rotatable bonds is 0. The van der Waals surface area contributed by atoms with Crippen LogP contribution in [0.15, 0.2) is 5.16 Å². The third kappa shape index (κ3) is 16.1. The Morgan fingerprint density at radius 1 is 1.80 bits per heavy atom. The summed E-state index contributed by atoms with van der Waals surface area (Å²) in [6.07, 6.45) is 1.31. The van der Waals surface area contributed by atoms with Crippen molar-refractivity contribution in [1.82, 2.24) is 0 Å². The van der Waals surface area contributed by atoms with Crippen LogP contribution in [0.25, 0.3) is 0 Å². The maximum Gasteiger partial charge on any atom is 0.0404 e. The molecule has 5 heavy (non-hydrogen) atoms. The zero-order valence-electron chi connectivity index (χ0n) is 2.77. The van der Waals surface area contributed by atoms with Crippen LogP contribution in [0, 0.1) is 0 Å². The monoisotopic (exact) mass is 122 g/mol. The first-order chi connectivity index (χ1) is 1.91. The maximum atomic E-state index is 7.44. The molecular weight excluding hydrogens is 118 g/mol. The Balaban J connectivity index is 0. The fraction of sp³-hybridized carbons (Fsp3) is 0.500. The molecule has 0 bridgehead atoms. The molecule has 0 rings (SSSR count). The molecule has 0 atom stereocenters. The van der Waals surface area contributed by atoms with Crippen LogP contribution in [-0.2, 0) is 17.1 Å². The van der Waals surface area contributed by atoms with E-state index in [4.69, 9.17) is 5.21 Å². The van der Waals surface area contributed by atoms with Gasteiger partial charge in [0.1, 0.15) is 0 Å². The quantitative estimate of drug-likeness (QED) is 0.215. The van der Waals surface area contributed by atoms with Crippen molar-refractivity contribution in [2.75, 3.05) is 0 Å². The molecule has 0 aromatic rings. The molecule has 0 aromatic carbocycles. The predicted octanol–water partition coefficient (Wildman–Crippen LogP) is 0.464. The van der Waals surface area contributed by atoms with Gasteiger partial charge in [-0.2, -0.15) is 0 Å². The second-order valence-corrected chi connectivity index (χ2v) is 0.374. The normalized spacial score (nSPS) is 7.40. The summed E-state index contributed by atoms with van der Waals surface area (Å²) >= 11 is 0. The zero-order valence-corrected chi connectivity index (χ0v) is 3.71. The van der Waals surface area contributed by atoms with E-state index in [0.29, 0.717) is 0 Å². The van der Waals surface area contributed by atoms with E-state index >= 15 is 0 Å². The van der Waals surface area contributed by atoms with Crippen molar-refractivity contribution in [2.24, 2.45) is 5.16 Å². The van der Waals surface area contributed by atoms with E-state index in [-0.39, 0.29) is 17.1 Å². The van der Waals surface area contributed by atoms with Crippen molar-refractivity contribution in [3.63, 3.8) is 0 Å². The molecule has 0 aromatic heterocycles. The number of hydrogen-bond acceptors (Lipinski definition) is 2. The van der Waals surface area contributed by atoms with Crippen LogP contribution in [0.4, 0.5) is 0 Å². The van der Waals surface area contributed by atoms with Crippen LogP contribution in [-0.4, -0.2) is 11.4 Å². The number of nitrogens with zero attached hydrogens (tertiary/aromatic N) is 1. The van der Waals surface area contributed by atoms with Crippen LogP contribution in [0.2, 0.25) is 0 Å². The van der Waals surface area contributed by atoms with Gasteiger partial charge in [-0.1, -0.05) is 0 Å². The minimum absolute atomic E-state index is 0. The summed E-state index contributed by atoms with van der Waals surface area (Å²) in [6, 6.07) is 0. The van der Waals surface area contributed by atoms with Crippen LogP contribution in [0.5, 0.6) is 0 Å². The van der Waals surface area contributed by atoms with Crippen molar-refractivity contribution in [3.05, 3.63) is 0 Å². The molecule has 0 unspecified atom stereocenters. The van der Waals surface area contributed by atoms with Gasteiger partial charge >= 0.3 is 0 Å². The summed E-state index contributed by atoms with van der Waals surface area (Å²) in [4.78, 5) is 0. The van der Waals surface area contributed by atoms with Crippen LogP contribution >= 0.6 is 0 Å². The van der Waals surface area contributed by atoms with Crippen LogP contribution in [0.1, 0.15) is 6.92 Å². The maximum absolute atomic E-state index is 7.44. The molecular formula is C2H5CuNO. The molecule has 0 amide bonds. The summed E-state index contributed by atoms with van der Waals surface area (Å²) in [6.45, 7) is 1.64. The Bertz CT molecular complexity index is 24.8. The van der Waals surface area contributed by atoms with E-state index < -0.39 is 0 Å². The van der Waals surface area contributed by atoms with Crippen molar-refractivity contribution in [3.8, 4) is 0 Å². The molecule has 2 nitrogen and oxygen atoms in total. The molecule has 35 valence electrons. The van der Waals surface area contributed by atoms with E-state index in [0.717, 1.165) is 0 Å². The van der Waals surface area contributed by atoms with Crippen LogP contribution in [0.3, 0.4) is 0 Å². The fourth-order valence-electron chi connectivity index (χ4n) is 0. The van der Waals surface area contributed by atoms with Gasteiger partial charge < -0.3 is 5.21 Å². The molecule has 0 saturated carbocycles. The van der Waals surface area contributed by atoms with Gasteiger partial charge in [0.15, 0.2) is 0 Å². The largest absolute Gasteiger partial charge is 0.411 e. The smallest absolute Gasteiger partial charge is 0.0404 e. The molecule has 0 heterocycles. The molecule has 0 fully saturated rings. The molecule has 0 saturated heterocycles. The van der Waals surface area contributed by atoms with Gasteiger partial charge in [-0.15, -0.1) is 5.16 Å². The minimum atomic E-state index is 0. The topological polar surface area (TPSA) is 32.6 Å². The van der Waals surface area contributed by atoms with Gasteiger partial charge in [0.25, 0.3) is 0 Å². The summed E-state index contributed by atoms with van der Waals surface area (Å²) in [5.74, 6) is 0. The van der Waals surface area contributed by atoms with E-state index in [9.17, 15) is 0 Å². The molecule has 0 spiro atoms. The molecule has 3 heteroatoms. The van der Waals surface area contributed by atoms with Gasteiger partial charge in [0, 0.05) is 23.3 Å². The Morgan fingerprint density at radius 3 is 2.00 bits per heavy atom. The third-order valence-electron chi connectivity index (χ3n) is 0.115. The van der Waals surface area contributed by atoms with Crippen molar-refractivity contribution in [2.45, 2.75) is 6.92 Å². The van der Waals surface area contributed by atoms with E-state index in [2.05, 4.69) is 5.16 Å². The van der Waals surface area contributed by atoms with Crippen molar-refractivity contribution in [1.29, 1.82) is 0 Å². The molecule has 0 aliphatic rings. The van der Waals surface area contributed by atoms with E-state index in [1.165, 1.54) is 6.21 Å². The SMILES string of the molecule is C/C=N/O.[Cu]. The second kappa shape index (κ2) is 9.01. The average molecular weight is 123 g/mol. The van der Waals surface area contributed by atoms with Crippen molar-refractivity contribution >= 4 is 6.21 Å². The predicted molar refractivity (Wildman–Crippen MR) is 16.0 cm³/mol. The molecule has 1 N–H and O–H groups in total. The van der Waals surface area contributed by atoms with Gasteiger partial charge in [-0.3, -0.25) is 0 Å². The van der Waals surface area contributed by atoms with Gasteiger partial charge in [-0.25, -0.2) is 0 Å². The molecule has 1 radical (unpaired) electrons. The van der Waals surface area contributed by atoms with Gasteiger partial charge in [0.2, 0.25) is 0 Å². The summed E-state index contributed by atoms with van der Waals surface area (Å²) in [5.41, 5.74) is 0. The summed E-state index contributed by atoms with van der Waals surface area (Å²) in [5, 5.41) is 10.1. The Morgan fingerprint density at radius 2 is 2.00 bits per heavy atom. The van der Waals surface area contributed by atoms with E-state index in [1.807, 2.05) is 0 Å². The van der Waals surface area contributed by atoms with Crippen molar-refractivity contribution < 1.29 is 22.3 Å². The Kier molecular flexibility index (Phi) is 16.0. The first kappa shape index (κ1) is 8.89. The molecule has 0 aliphatic heterocycles. The Labute approximate surface area is 41.3 Å². The van der Waals surface area contributed by atoms with Crippen LogP contribution < -0.4 is 0 Å². The van der Waals surface area contributed by atoms with E-state index in [1.54, 1.807) is 6.92 Å². The second-order valence-electron chi connectivity index (χ2n) is 0.374. The van der Waals surface area contributed by atoms with Gasteiger partial charge in [-0.05, 0) is 6.92 Å². The molecule has 0 aliphatic carbocycles. The first-order valence-electron chi connectivity index (χ1n) is 1.04. The minimum Gasteiger partial charge on any atom is -0.411 e. The summed E-state index contributed by atoms with van der Waals surface area (Å²) < 4.78 is 0.